The van der Waals surface area contributed by atoms with Gasteiger partial charge in [-0.3, -0.25) is 0 Å². The molecule has 0 saturated carbocycles. The molecular weight excluding hydrogens is 222 g/mol. The van der Waals surface area contributed by atoms with Crippen LogP contribution in [0.1, 0.15) is 24.9 Å². The molecule has 1 aromatic rings. The molecule has 0 heterocycles. The number of nitrogens with one attached hydrogen (secondary N) is 1. The first kappa shape index (κ1) is 13.0. The number of alkyl halides is 3. The number of hydrogen-bond acceptors (Lipinski definition) is 1. The van der Waals surface area contributed by atoms with Crippen molar-refractivity contribution >= 4 is 0 Å². The summed E-state index contributed by atoms with van der Waals surface area (Å²) < 4.78 is 50.6. The van der Waals surface area contributed by atoms with E-state index in [2.05, 4.69) is 5.32 Å². The molecule has 0 saturated heterocycles. The van der Waals surface area contributed by atoms with Crippen LogP contribution in [0.25, 0.3) is 0 Å². The van der Waals surface area contributed by atoms with Gasteiger partial charge in [0, 0.05) is 0 Å². The van der Waals surface area contributed by atoms with Crippen molar-refractivity contribution in [1.29, 1.82) is 0 Å². The minimum Gasteiger partial charge on any atom is -0.302 e. The predicted octanol–water partition coefficient (Wildman–Crippen LogP) is 3.43. The summed E-state index contributed by atoms with van der Waals surface area (Å²) in [5, 5.41) is 2.40. The summed E-state index contributed by atoms with van der Waals surface area (Å²) in [6.07, 6.45) is -3.76. The van der Waals surface area contributed by atoms with Crippen LogP contribution in [0.4, 0.5) is 17.6 Å². The second-order valence-electron chi connectivity index (χ2n) is 3.48. The smallest absolute Gasteiger partial charge is 0.302 e. The summed E-state index contributed by atoms with van der Waals surface area (Å²) >= 11 is 0. The third-order valence-corrected chi connectivity index (χ3v) is 2.13. The normalized spacial score (nSPS) is 13.8. The first-order chi connectivity index (χ1) is 7.45. The molecule has 1 rings (SSSR count). The Balaban J connectivity index is 2.88. The summed E-state index contributed by atoms with van der Waals surface area (Å²) in [5.41, 5.74) is 0.0300. The molecule has 0 aliphatic rings. The van der Waals surface area contributed by atoms with Gasteiger partial charge in [0.05, 0.1) is 0 Å². The largest absolute Gasteiger partial charge is 0.407 e. The van der Waals surface area contributed by atoms with Crippen molar-refractivity contribution in [2.75, 3.05) is 6.54 Å². The Morgan fingerprint density at radius 1 is 1.19 bits per heavy atom. The molecule has 0 aliphatic carbocycles. The first-order valence-electron chi connectivity index (χ1n) is 5.00. The average Bonchev–Trinajstić information content (AvgIpc) is 2.19. The van der Waals surface area contributed by atoms with Crippen LogP contribution in [-0.4, -0.2) is 12.7 Å². The molecule has 1 nitrogen and oxygen atoms in total. The Hall–Kier alpha value is -1.10. The third-order valence-electron chi connectivity index (χ3n) is 2.13. The molecular formula is C11H13F4N. The molecule has 0 aromatic heterocycles. The van der Waals surface area contributed by atoms with Gasteiger partial charge >= 0.3 is 6.18 Å². The Kier molecular flexibility index (Phi) is 4.29. The monoisotopic (exact) mass is 235 g/mol. The van der Waals surface area contributed by atoms with Gasteiger partial charge in [-0.15, -0.1) is 0 Å². The van der Waals surface area contributed by atoms with E-state index < -0.39 is 18.0 Å². The molecule has 90 valence electrons. The van der Waals surface area contributed by atoms with Crippen molar-refractivity contribution in [1.82, 2.24) is 5.32 Å². The fourth-order valence-corrected chi connectivity index (χ4v) is 1.37. The Morgan fingerprint density at radius 3 is 2.19 bits per heavy atom. The molecule has 0 spiro atoms. The topological polar surface area (TPSA) is 12.0 Å². The molecule has 1 unspecified atom stereocenters. The fraction of sp³-hybridized carbons (Fsp3) is 0.455. The average molecular weight is 235 g/mol. The predicted molar refractivity (Wildman–Crippen MR) is 53.5 cm³/mol. The second-order valence-corrected chi connectivity index (χ2v) is 3.48. The Bertz CT molecular complexity index is 318. The fourth-order valence-electron chi connectivity index (χ4n) is 1.37. The Morgan fingerprint density at radius 2 is 1.75 bits per heavy atom. The van der Waals surface area contributed by atoms with Gasteiger partial charge < -0.3 is 5.32 Å². The maximum absolute atomic E-state index is 12.7. The SMILES string of the molecule is CCCNC(c1ccc(F)cc1)C(F)(F)F. The zero-order chi connectivity index (χ0) is 12.2. The highest BCUT2D eigenvalue weighted by molar-refractivity contribution is 5.21. The highest BCUT2D eigenvalue weighted by Gasteiger charge is 2.40. The van der Waals surface area contributed by atoms with Crippen LogP contribution >= 0.6 is 0 Å². The van der Waals surface area contributed by atoms with Crippen molar-refractivity contribution in [3.63, 3.8) is 0 Å². The molecule has 0 aliphatic heterocycles. The maximum atomic E-state index is 12.7. The molecule has 0 bridgehead atoms. The van der Waals surface area contributed by atoms with Gasteiger partial charge in [0.1, 0.15) is 11.9 Å². The number of hydrogen-bond donors (Lipinski definition) is 1. The Labute approximate surface area is 91.5 Å². The number of benzene rings is 1. The zero-order valence-corrected chi connectivity index (χ0v) is 8.81. The third kappa shape index (κ3) is 3.48. The second kappa shape index (κ2) is 5.30. The minimum absolute atomic E-state index is 0.0300. The molecule has 0 amide bonds. The van der Waals surface area contributed by atoms with Gasteiger partial charge in [0.15, 0.2) is 0 Å². The van der Waals surface area contributed by atoms with Crippen LogP contribution in [0.2, 0.25) is 0 Å². The molecule has 1 N–H and O–H groups in total. The first-order valence-corrected chi connectivity index (χ1v) is 5.00. The van der Waals surface area contributed by atoms with Gasteiger partial charge in [-0.2, -0.15) is 13.2 Å². The van der Waals surface area contributed by atoms with Crippen LogP contribution in [0.3, 0.4) is 0 Å². The molecule has 5 heteroatoms. The van der Waals surface area contributed by atoms with E-state index in [1.54, 1.807) is 6.92 Å². The van der Waals surface area contributed by atoms with Gasteiger partial charge in [0.25, 0.3) is 0 Å². The zero-order valence-electron chi connectivity index (χ0n) is 8.81. The summed E-state index contributed by atoms with van der Waals surface area (Å²) in [6.45, 7) is 2.05. The molecule has 1 atom stereocenters. The van der Waals surface area contributed by atoms with Gasteiger partial charge in [-0.05, 0) is 30.7 Å². The van der Waals surface area contributed by atoms with Crippen molar-refractivity contribution < 1.29 is 17.6 Å². The van der Waals surface area contributed by atoms with Gasteiger partial charge in [-0.25, -0.2) is 4.39 Å². The quantitative estimate of drug-likeness (QED) is 0.788. The van der Waals surface area contributed by atoms with Crippen molar-refractivity contribution in [2.24, 2.45) is 0 Å². The molecule has 16 heavy (non-hydrogen) atoms. The van der Waals surface area contributed by atoms with Crippen LogP contribution in [0.15, 0.2) is 24.3 Å². The summed E-state index contributed by atoms with van der Waals surface area (Å²) in [7, 11) is 0. The van der Waals surface area contributed by atoms with Crippen LogP contribution in [0.5, 0.6) is 0 Å². The van der Waals surface area contributed by atoms with E-state index >= 15 is 0 Å². The maximum Gasteiger partial charge on any atom is 0.407 e. The van der Waals surface area contributed by atoms with E-state index in [0.29, 0.717) is 6.42 Å². The highest BCUT2D eigenvalue weighted by Crippen LogP contribution is 2.32. The van der Waals surface area contributed by atoms with Crippen molar-refractivity contribution in [2.45, 2.75) is 25.6 Å². The van der Waals surface area contributed by atoms with E-state index in [4.69, 9.17) is 0 Å². The lowest BCUT2D eigenvalue weighted by atomic mass is 10.1. The van der Waals surface area contributed by atoms with Crippen molar-refractivity contribution in [3.05, 3.63) is 35.6 Å². The van der Waals surface area contributed by atoms with Gasteiger partial charge in [0.2, 0.25) is 0 Å². The molecule has 0 fully saturated rings. The van der Waals surface area contributed by atoms with Crippen LogP contribution in [-0.2, 0) is 0 Å². The lowest BCUT2D eigenvalue weighted by Crippen LogP contribution is -2.34. The number of rotatable bonds is 4. The highest BCUT2D eigenvalue weighted by atomic mass is 19.4. The van der Waals surface area contributed by atoms with Crippen LogP contribution < -0.4 is 5.32 Å². The standard InChI is InChI=1S/C11H13F4N/c1-2-7-16-10(11(13,14)15)8-3-5-9(12)6-4-8/h3-6,10,16H,2,7H2,1H3. The summed E-state index contributed by atoms with van der Waals surface area (Å²) in [4.78, 5) is 0. The molecule has 0 radical (unpaired) electrons. The summed E-state index contributed by atoms with van der Waals surface area (Å²) in [6, 6.07) is 2.63. The van der Waals surface area contributed by atoms with E-state index in [1.165, 1.54) is 0 Å². The van der Waals surface area contributed by atoms with E-state index in [-0.39, 0.29) is 12.1 Å². The lowest BCUT2D eigenvalue weighted by Gasteiger charge is -2.21. The number of halogens is 4. The molecule has 1 aromatic carbocycles. The summed E-state index contributed by atoms with van der Waals surface area (Å²) in [5.74, 6) is -0.542. The van der Waals surface area contributed by atoms with Crippen LogP contribution in [0, 0.1) is 5.82 Å². The minimum atomic E-state index is -4.37. The van der Waals surface area contributed by atoms with Crippen molar-refractivity contribution in [3.8, 4) is 0 Å². The lowest BCUT2D eigenvalue weighted by molar-refractivity contribution is -0.157. The van der Waals surface area contributed by atoms with E-state index in [9.17, 15) is 17.6 Å². The van der Waals surface area contributed by atoms with E-state index in [1.807, 2.05) is 0 Å². The van der Waals surface area contributed by atoms with E-state index in [0.717, 1.165) is 24.3 Å². The van der Waals surface area contributed by atoms with Gasteiger partial charge in [-0.1, -0.05) is 19.1 Å².